The molecule has 0 amide bonds. The molecule has 0 fully saturated rings. The number of unbranched alkanes of at least 4 members (excludes halogenated alkanes) is 20. The summed E-state index contributed by atoms with van der Waals surface area (Å²) in [4.78, 5) is 22.4. The van der Waals surface area contributed by atoms with Gasteiger partial charge in [-0.15, -0.1) is 0 Å². The van der Waals surface area contributed by atoms with Gasteiger partial charge in [0.1, 0.15) is 6.10 Å². The molecule has 2 unspecified atom stereocenters. The third-order valence-electron chi connectivity index (χ3n) is 9.42. The Balaban J connectivity index is 3.89. The van der Waals surface area contributed by atoms with E-state index in [4.69, 9.17) is 24.3 Å². The lowest BCUT2D eigenvalue weighted by Crippen LogP contribution is -2.28. The first-order chi connectivity index (χ1) is 27.4. The van der Waals surface area contributed by atoms with Crippen LogP contribution in [0.5, 0.6) is 0 Å². The van der Waals surface area contributed by atoms with Crippen molar-refractivity contribution in [3.63, 3.8) is 0 Å². The van der Waals surface area contributed by atoms with Crippen LogP contribution in [0.15, 0.2) is 60.8 Å². The summed E-state index contributed by atoms with van der Waals surface area (Å²) >= 11 is 0. The van der Waals surface area contributed by atoms with Crippen LogP contribution in [0.3, 0.4) is 0 Å². The predicted octanol–water partition coefficient (Wildman–Crippen LogP) is 13.8. The van der Waals surface area contributed by atoms with E-state index in [0.717, 1.165) is 70.6 Å². The number of carbonyl (C=O) groups excluding carboxylic acids is 1. The normalized spacial score (nSPS) is 14.0. The number of rotatable bonds is 43. The fraction of sp³-hybridized carbons (Fsp3) is 0.766. The highest BCUT2D eigenvalue weighted by atomic mass is 31.2. The van der Waals surface area contributed by atoms with Crippen molar-refractivity contribution in [2.75, 3.05) is 33.0 Å². The van der Waals surface area contributed by atoms with Gasteiger partial charge in [0, 0.05) is 19.6 Å². The fourth-order valence-electron chi connectivity index (χ4n) is 6.09. The maximum Gasteiger partial charge on any atom is 0.472 e. The van der Waals surface area contributed by atoms with Crippen molar-refractivity contribution in [1.29, 1.82) is 0 Å². The van der Waals surface area contributed by atoms with Crippen LogP contribution in [0.25, 0.3) is 0 Å². The van der Waals surface area contributed by atoms with Gasteiger partial charge in [0.25, 0.3) is 0 Å². The number of carbonyl (C=O) groups is 1. The molecule has 0 aliphatic heterocycles. The number of esters is 1. The Labute approximate surface area is 344 Å². The molecule has 326 valence electrons. The van der Waals surface area contributed by atoms with Gasteiger partial charge in [-0.1, -0.05) is 177 Å². The molecule has 2 atom stereocenters. The van der Waals surface area contributed by atoms with Crippen LogP contribution in [-0.4, -0.2) is 49.9 Å². The molecule has 0 saturated heterocycles. The second-order valence-corrected chi connectivity index (χ2v) is 16.3. The Hall–Kier alpha value is -1.80. The van der Waals surface area contributed by atoms with Crippen molar-refractivity contribution in [2.45, 2.75) is 200 Å². The lowest BCUT2D eigenvalue weighted by atomic mass is 10.0. The SMILES string of the molecule is CC/C=C\C/C=C\C/C=C\C/C=C\CCCCCCCCCCCCCCCOCC(COP(=O)(O)OCCN)OC(=O)CCCCCCC/C=C\CCCC. The summed E-state index contributed by atoms with van der Waals surface area (Å²) in [6.45, 7) is 4.76. The van der Waals surface area contributed by atoms with E-state index >= 15 is 0 Å². The quantitative estimate of drug-likeness (QED) is 0.0271. The molecule has 8 nitrogen and oxygen atoms in total. The number of hydrogen-bond acceptors (Lipinski definition) is 7. The van der Waals surface area contributed by atoms with E-state index in [2.05, 4.69) is 74.6 Å². The molecule has 0 bridgehead atoms. The summed E-state index contributed by atoms with van der Waals surface area (Å²) < 4.78 is 33.4. The van der Waals surface area contributed by atoms with Crippen LogP contribution in [0.1, 0.15) is 194 Å². The van der Waals surface area contributed by atoms with E-state index in [1.54, 1.807) is 0 Å². The molecule has 0 aliphatic carbocycles. The Morgan fingerprint density at radius 1 is 0.554 bits per heavy atom. The van der Waals surface area contributed by atoms with E-state index in [0.29, 0.717) is 13.0 Å². The molecule has 0 spiro atoms. The zero-order chi connectivity index (χ0) is 40.9. The van der Waals surface area contributed by atoms with E-state index in [1.807, 2.05) is 0 Å². The zero-order valence-corrected chi connectivity index (χ0v) is 37.0. The van der Waals surface area contributed by atoms with Crippen LogP contribution in [0, 0.1) is 0 Å². The van der Waals surface area contributed by atoms with E-state index < -0.39 is 13.9 Å². The van der Waals surface area contributed by atoms with Crippen LogP contribution in [-0.2, 0) is 27.9 Å². The zero-order valence-electron chi connectivity index (χ0n) is 36.1. The highest BCUT2D eigenvalue weighted by molar-refractivity contribution is 7.47. The van der Waals surface area contributed by atoms with Crippen molar-refractivity contribution in [1.82, 2.24) is 0 Å². The maximum absolute atomic E-state index is 12.5. The molecule has 0 aromatic rings. The molecule has 0 saturated carbocycles. The minimum Gasteiger partial charge on any atom is -0.457 e. The van der Waals surface area contributed by atoms with Crippen molar-refractivity contribution >= 4 is 13.8 Å². The average Bonchev–Trinajstić information content (AvgIpc) is 3.19. The van der Waals surface area contributed by atoms with Gasteiger partial charge in [-0.05, 0) is 70.6 Å². The topological polar surface area (TPSA) is 117 Å². The summed E-state index contributed by atoms with van der Waals surface area (Å²) in [5, 5.41) is 0. The number of phosphoric acid groups is 1. The molecule has 0 rings (SSSR count). The number of allylic oxidation sites excluding steroid dienone is 10. The Morgan fingerprint density at radius 2 is 1.00 bits per heavy atom. The molecule has 3 N–H and O–H groups in total. The van der Waals surface area contributed by atoms with E-state index in [1.165, 1.54) is 103 Å². The van der Waals surface area contributed by atoms with Crippen molar-refractivity contribution in [3.05, 3.63) is 60.8 Å². The lowest BCUT2D eigenvalue weighted by Gasteiger charge is -2.20. The third-order valence-corrected chi connectivity index (χ3v) is 10.4. The molecule has 0 aliphatic rings. The highest BCUT2D eigenvalue weighted by Gasteiger charge is 2.25. The van der Waals surface area contributed by atoms with Gasteiger partial charge < -0.3 is 20.1 Å². The number of ether oxygens (including phenoxy) is 2. The second kappa shape index (κ2) is 44.3. The van der Waals surface area contributed by atoms with Gasteiger partial charge in [-0.3, -0.25) is 13.8 Å². The van der Waals surface area contributed by atoms with Gasteiger partial charge in [-0.25, -0.2) is 4.57 Å². The second-order valence-electron chi connectivity index (χ2n) is 14.9. The van der Waals surface area contributed by atoms with Crippen LogP contribution >= 0.6 is 7.82 Å². The summed E-state index contributed by atoms with van der Waals surface area (Å²) in [5.41, 5.74) is 5.37. The average molecular weight is 808 g/mol. The van der Waals surface area contributed by atoms with Gasteiger partial charge in [0.05, 0.1) is 19.8 Å². The van der Waals surface area contributed by atoms with Crippen molar-refractivity contribution in [2.24, 2.45) is 5.73 Å². The molecular weight excluding hydrogens is 721 g/mol. The third kappa shape index (κ3) is 43.3. The summed E-state index contributed by atoms with van der Waals surface area (Å²) in [7, 11) is -4.28. The van der Waals surface area contributed by atoms with Gasteiger partial charge in [-0.2, -0.15) is 0 Å². The number of hydrogen-bond donors (Lipinski definition) is 2. The standard InChI is InChI=1S/C47H86NO7P/c1-3-5-7-9-11-13-15-16-17-18-19-20-21-22-23-24-25-26-27-28-29-31-33-35-37-39-42-52-44-46(45-54-56(50,51)53-43-41-48)55-47(49)40-38-36-34-32-30-14-12-10-8-6-4-2/h5,7,10-13,16-17,19-20,46H,3-4,6,8-9,14-15,18,21-45,48H2,1-2H3,(H,50,51)/b7-5-,12-10-,13-11-,17-16-,20-19-. The Kier molecular flexibility index (Phi) is 42.9. The monoisotopic (exact) mass is 808 g/mol. The van der Waals surface area contributed by atoms with E-state index in [-0.39, 0.29) is 32.3 Å². The first kappa shape index (κ1) is 54.2. The van der Waals surface area contributed by atoms with Crippen LogP contribution in [0.4, 0.5) is 0 Å². The molecule has 56 heavy (non-hydrogen) atoms. The summed E-state index contributed by atoms with van der Waals surface area (Å²) in [6.07, 6.45) is 54.0. The highest BCUT2D eigenvalue weighted by Crippen LogP contribution is 2.43. The fourth-order valence-corrected chi connectivity index (χ4v) is 6.85. The lowest BCUT2D eigenvalue weighted by molar-refractivity contribution is -0.154. The smallest absolute Gasteiger partial charge is 0.457 e. The Bertz CT molecular complexity index is 1040. The van der Waals surface area contributed by atoms with Crippen LogP contribution in [0.2, 0.25) is 0 Å². The van der Waals surface area contributed by atoms with Gasteiger partial charge in [0.2, 0.25) is 0 Å². The first-order valence-corrected chi connectivity index (χ1v) is 24.3. The van der Waals surface area contributed by atoms with Gasteiger partial charge >= 0.3 is 13.8 Å². The largest absolute Gasteiger partial charge is 0.472 e. The minimum atomic E-state index is -4.28. The van der Waals surface area contributed by atoms with Crippen molar-refractivity contribution in [3.8, 4) is 0 Å². The molecule has 0 heterocycles. The van der Waals surface area contributed by atoms with Gasteiger partial charge in [0.15, 0.2) is 0 Å². The summed E-state index contributed by atoms with van der Waals surface area (Å²) in [6, 6.07) is 0. The molecular formula is C47H86NO7P. The number of phosphoric ester groups is 1. The predicted molar refractivity (Wildman–Crippen MR) is 238 cm³/mol. The molecule has 9 heteroatoms. The minimum absolute atomic E-state index is 0.0973. The molecule has 0 aromatic carbocycles. The maximum atomic E-state index is 12.5. The van der Waals surface area contributed by atoms with Crippen LogP contribution < -0.4 is 5.73 Å². The van der Waals surface area contributed by atoms with E-state index in [9.17, 15) is 14.3 Å². The first-order valence-electron chi connectivity index (χ1n) is 22.8. The molecule has 0 aromatic heterocycles. The summed E-state index contributed by atoms with van der Waals surface area (Å²) in [5.74, 6) is -0.342. The molecule has 0 radical (unpaired) electrons. The Morgan fingerprint density at radius 3 is 1.52 bits per heavy atom. The number of nitrogens with two attached hydrogens (primary N) is 1. The van der Waals surface area contributed by atoms with Crippen molar-refractivity contribution < 1.29 is 32.8 Å².